The van der Waals surface area contributed by atoms with Gasteiger partial charge in [0.2, 0.25) is 0 Å². The predicted octanol–water partition coefficient (Wildman–Crippen LogP) is 5.10. The van der Waals surface area contributed by atoms with Gasteiger partial charge in [0.05, 0.1) is 19.3 Å². The summed E-state index contributed by atoms with van der Waals surface area (Å²) in [6, 6.07) is 13.8. The molecule has 2 aromatic carbocycles. The summed E-state index contributed by atoms with van der Waals surface area (Å²) in [5.74, 6) is -0.159. The zero-order chi connectivity index (χ0) is 21.1. The van der Waals surface area contributed by atoms with Gasteiger partial charge in [-0.15, -0.1) is 0 Å². The highest BCUT2D eigenvalue weighted by atomic mass is 19.4. The first-order chi connectivity index (χ1) is 13.8. The van der Waals surface area contributed by atoms with Crippen LogP contribution in [0.15, 0.2) is 66.2 Å². The third-order valence-corrected chi connectivity index (χ3v) is 4.84. The van der Waals surface area contributed by atoms with Crippen LogP contribution in [0.4, 0.5) is 13.2 Å². The smallest absolute Gasteiger partial charge is 0.422 e. The minimum Gasteiger partial charge on any atom is -0.497 e. The first-order valence-electron chi connectivity index (χ1n) is 9.13. The van der Waals surface area contributed by atoms with Crippen LogP contribution in [0, 0.1) is 0 Å². The van der Waals surface area contributed by atoms with Crippen molar-refractivity contribution in [1.82, 2.24) is 0 Å². The van der Waals surface area contributed by atoms with Crippen molar-refractivity contribution in [2.24, 2.45) is 0 Å². The number of esters is 1. The van der Waals surface area contributed by atoms with Crippen molar-refractivity contribution in [2.75, 3.05) is 13.7 Å². The molecule has 0 aromatic heterocycles. The molecule has 0 aliphatic carbocycles. The number of rotatable bonds is 5. The topological polar surface area (TPSA) is 44.8 Å². The molecular weight excluding hydrogens is 385 g/mol. The van der Waals surface area contributed by atoms with Crippen molar-refractivity contribution in [3.05, 3.63) is 77.4 Å². The molecule has 0 spiro atoms. The average Bonchev–Trinajstić information content (AvgIpc) is 2.73. The molecule has 4 nitrogen and oxygen atoms in total. The summed E-state index contributed by atoms with van der Waals surface area (Å²) in [4.78, 5) is 12.4. The lowest BCUT2D eigenvalue weighted by Crippen LogP contribution is -2.48. The van der Waals surface area contributed by atoms with E-state index in [9.17, 15) is 18.0 Å². The van der Waals surface area contributed by atoms with Crippen LogP contribution in [0.2, 0.25) is 0 Å². The number of carbonyl (C=O) groups excluding carboxylic acids is 1. The molecule has 0 unspecified atom stereocenters. The zero-order valence-electron chi connectivity index (χ0n) is 16.0. The molecule has 0 bridgehead atoms. The molecule has 0 fully saturated rings. The van der Waals surface area contributed by atoms with Crippen molar-refractivity contribution in [3.63, 3.8) is 0 Å². The molecule has 7 heteroatoms. The Morgan fingerprint density at radius 3 is 2.34 bits per heavy atom. The molecule has 1 aliphatic heterocycles. The summed E-state index contributed by atoms with van der Waals surface area (Å²) < 4.78 is 58.7. The Hall–Kier alpha value is -2.80. The van der Waals surface area contributed by atoms with Gasteiger partial charge in [0.1, 0.15) is 11.9 Å². The molecule has 29 heavy (non-hydrogen) atoms. The zero-order valence-corrected chi connectivity index (χ0v) is 16.0. The normalized spacial score (nSPS) is 22.0. The number of ether oxygens (including phenoxy) is 3. The number of carbonyl (C=O) groups is 1. The van der Waals surface area contributed by atoms with Crippen molar-refractivity contribution >= 4 is 5.97 Å². The summed E-state index contributed by atoms with van der Waals surface area (Å²) in [6.07, 6.45) is -5.19. The first kappa shape index (κ1) is 20.9. The number of alkyl halides is 3. The molecule has 0 saturated carbocycles. The van der Waals surface area contributed by atoms with E-state index >= 15 is 0 Å². The minimum absolute atomic E-state index is 0.0230. The van der Waals surface area contributed by atoms with Gasteiger partial charge in [0.25, 0.3) is 0 Å². The van der Waals surface area contributed by atoms with Crippen molar-refractivity contribution in [3.8, 4) is 5.75 Å². The molecule has 0 amide bonds. The molecule has 2 aromatic rings. The molecular formula is C22H21F3O4. The standard InChI is InChI=1S/C22H21F3O4/c1-3-28-20(26)18-13-14-21(22(23,24)25,16-7-5-4-6-8-16)29-19(18)15-9-11-17(27-2)12-10-15/h4-13,19H,3,14H2,1-2H3/t19-,21-/m1/s1. The minimum atomic E-state index is -4.70. The lowest BCUT2D eigenvalue weighted by molar-refractivity contribution is -0.298. The highest BCUT2D eigenvalue weighted by Crippen LogP contribution is 2.52. The molecule has 1 aliphatic rings. The summed E-state index contributed by atoms with van der Waals surface area (Å²) >= 11 is 0. The lowest BCUT2D eigenvalue weighted by Gasteiger charge is -2.42. The number of hydrogen-bond acceptors (Lipinski definition) is 4. The highest BCUT2D eigenvalue weighted by Gasteiger charge is 2.60. The van der Waals surface area contributed by atoms with Crippen LogP contribution in [0.5, 0.6) is 5.75 Å². The van der Waals surface area contributed by atoms with Crippen LogP contribution in [0.25, 0.3) is 0 Å². The third kappa shape index (κ3) is 4.00. The lowest BCUT2D eigenvalue weighted by atomic mass is 9.84. The number of methoxy groups -OCH3 is 1. The van der Waals surface area contributed by atoms with E-state index in [-0.39, 0.29) is 17.7 Å². The fraction of sp³-hybridized carbons (Fsp3) is 0.318. The van der Waals surface area contributed by atoms with Crippen LogP contribution < -0.4 is 4.74 Å². The van der Waals surface area contributed by atoms with Gasteiger partial charge in [0, 0.05) is 6.42 Å². The van der Waals surface area contributed by atoms with Gasteiger partial charge in [-0.25, -0.2) is 4.79 Å². The van der Waals surface area contributed by atoms with Crippen LogP contribution in [-0.2, 0) is 19.9 Å². The van der Waals surface area contributed by atoms with Crippen LogP contribution >= 0.6 is 0 Å². The van der Waals surface area contributed by atoms with Gasteiger partial charge in [-0.2, -0.15) is 13.2 Å². The Bertz CT molecular complexity index is 875. The van der Waals surface area contributed by atoms with Gasteiger partial charge in [-0.05, 0) is 30.2 Å². The van der Waals surface area contributed by atoms with E-state index < -0.39 is 30.3 Å². The third-order valence-electron chi connectivity index (χ3n) is 4.84. The second kappa shape index (κ2) is 8.29. The van der Waals surface area contributed by atoms with Crippen molar-refractivity contribution in [1.29, 1.82) is 0 Å². The van der Waals surface area contributed by atoms with E-state index in [0.717, 1.165) is 0 Å². The van der Waals surface area contributed by atoms with E-state index in [1.54, 1.807) is 37.3 Å². The SMILES string of the molecule is CCOC(=O)C1=CC[C@@](c2ccccc2)(C(F)(F)F)O[C@@H]1c1ccc(OC)cc1. The molecule has 3 rings (SSSR count). The summed E-state index contributed by atoms with van der Waals surface area (Å²) in [6.45, 7) is 1.74. The maximum Gasteiger partial charge on any atom is 0.422 e. The summed E-state index contributed by atoms with van der Waals surface area (Å²) in [5, 5.41) is 0. The Morgan fingerprint density at radius 1 is 1.14 bits per heavy atom. The van der Waals surface area contributed by atoms with Crippen molar-refractivity contribution in [2.45, 2.75) is 31.2 Å². The Balaban J connectivity index is 2.12. The van der Waals surface area contributed by atoms with Gasteiger partial charge in [-0.3, -0.25) is 0 Å². The van der Waals surface area contributed by atoms with E-state index in [4.69, 9.17) is 14.2 Å². The van der Waals surface area contributed by atoms with Crippen molar-refractivity contribution < 1.29 is 32.2 Å². The number of halogens is 3. The fourth-order valence-corrected chi connectivity index (χ4v) is 3.34. The van der Waals surface area contributed by atoms with Gasteiger partial charge >= 0.3 is 12.1 Å². The van der Waals surface area contributed by atoms with E-state index in [2.05, 4.69) is 0 Å². The fourth-order valence-electron chi connectivity index (χ4n) is 3.34. The largest absolute Gasteiger partial charge is 0.497 e. The second-order valence-corrected chi connectivity index (χ2v) is 6.55. The summed E-state index contributed by atoms with van der Waals surface area (Å²) in [7, 11) is 1.49. The van der Waals surface area contributed by atoms with E-state index in [0.29, 0.717) is 11.3 Å². The quantitative estimate of drug-likeness (QED) is 0.648. The molecule has 0 radical (unpaired) electrons. The highest BCUT2D eigenvalue weighted by molar-refractivity contribution is 5.90. The maximum atomic E-state index is 14.3. The first-order valence-corrected chi connectivity index (χ1v) is 9.13. The molecule has 154 valence electrons. The predicted molar refractivity (Wildman–Crippen MR) is 100 cm³/mol. The van der Waals surface area contributed by atoms with E-state index in [1.807, 2.05) is 0 Å². The van der Waals surface area contributed by atoms with Crippen LogP contribution in [0.1, 0.15) is 30.6 Å². The Kier molecular flexibility index (Phi) is 5.98. The second-order valence-electron chi connectivity index (χ2n) is 6.55. The maximum absolute atomic E-state index is 14.3. The van der Waals surface area contributed by atoms with E-state index in [1.165, 1.54) is 37.5 Å². The average molecular weight is 406 g/mol. The Morgan fingerprint density at radius 2 is 1.79 bits per heavy atom. The number of hydrogen-bond donors (Lipinski definition) is 0. The van der Waals surface area contributed by atoms with Gasteiger partial charge in [-0.1, -0.05) is 48.5 Å². The monoisotopic (exact) mass is 406 g/mol. The van der Waals surface area contributed by atoms with Gasteiger partial charge in [0.15, 0.2) is 5.60 Å². The Labute approximate surface area is 166 Å². The molecule has 0 saturated heterocycles. The van der Waals surface area contributed by atoms with Crippen LogP contribution in [-0.4, -0.2) is 25.9 Å². The molecule has 2 atom stereocenters. The molecule has 1 heterocycles. The van der Waals surface area contributed by atoms with Crippen LogP contribution in [0.3, 0.4) is 0 Å². The van der Waals surface area contributed by atoms with Gasteiger partial charge < -0.3 is 14.2 Å². The molecule has 0 N–H and O–H groups in total. The number of benzene rings is 2. The summed E-state index contributed by atoms with van der Waals surface area (Å²) in [5.41, 5.74) is -2.15.